The van der Waals surface area contributed by atoms with Crippen molar-refractivity contribution in [1.29, 1.82) is 0 Å². The minimum atomic E-state index is -1.07. The van der Waals surface area contributed by atoms with Crippen molar-refractivity contribution in [2.24, 2.45) is 0 Å². The van der Waals surface area contributed by atoms with Gasteiger partial charge >= 0.3 is 5.97 Å². The van der Waals surface area contributed by atoms with Gasteiger partial charge in [-0.3, -0.25) is 0 Å². The highest BCUT2D eigenvalue weighted by Crippen LogP contribution is 2.33. The van der Waals surface area contributed by atoms with E-state index in [-0.39, 0.29) is 11.4 Å². The van der Waals surface area contributed by atoms with Crippen molar-refractivity contribution < 1.29 is 14.6 Å². The molecule has 0 radical (unpaired) electrons. The molecule has 0 saturated heterocycles. The Morgan fingerprint density at radius 2 is 1.64 bits per heavy atom. The number of rotatable bonds is 4. The third kappa shape index (κ3) is 2.81. The number of carbonyl (C=O) groups is 1. The van der Waals surface area contributed by atoms with E-state index >= 15 is 0 Å². The number of aromatic carboxylic acids is 1. The molecule has 0 bridgehead atoms. The summed E-state index contributed by atoms with van der Waals surface area (Å²) in [5.74, 6) is -0.423. The summed E-state index contributed by atoms with van der Waals surface area (Å²) in [5.41, 5.74) is 1.90. The molecule has 1 aromatic heterocycles. The third-order valence-corrected chi connectivity index (χ3v) is 3.18. The van der Waals surface area contributed by atoms with Crippen LogP contribution in [0.4, 0.5) is 0 Å². The van der Waals surface area contributed by atoms with Crippen LogP contribution in [0.3, 0.4) is 0 Å². The predicted molar refractivity (Wildman–Crippen MR) is 83.1 cm³/mol. The lowest BCUT2D eigenvalue weighted by Crippen LogP contribution is -2.02. The zero-order valence-corrected chi connectivity index (χ0v) is 11.6. The van der Waals surface area contributed by atoms with Gasteiger partial charge in [0.05, 0.1) is 0 Å². The molecule has 22 heavy (non-hydrogen) atoms. The fourth-order valence-electron chi connectivity index (χ4n) is 2.15. The molecule has 4 nitrogen and oxygen atoms in total. The lowest BCUT2D eigenvalue weighted by Gasteiger charge is -2.11. The lowest BCUT2D eigenvalue weighted by atomic mass is 10.1. The van der Waals surface area contributed by atoms with Gasteiger partial charge in [0.1, 0.15) is 11.3 Å². The molecule has 0 unspecified atom stereocenters. The zero-order valence-electron chi connectivity index (χ0n) is 11.6. The van der Waals surface area contributed by atoms with E-state index in [0.717, 1.165) is 11.1 Å². The highest BCUT2D eigenvalue weighted by Gasteiger charge is 2.14. The van der Waals surface area contributed by atoms with E-state index in [2.05, 4.69) is 4.98 Å². The van der Waals surface area contributed by atoms with Crippen LogP contribution >= 0.6 is 0 Å². The Balaban J connectivity index is 2.03. The SMILES string of the molecule is O=C(O)c1cccnc1Oc1ccccc1-c1ccccc1. The summed E-state index contributed by atoms with van der Waals surface area (Å²) >= 11 is 0. The molecule has 0 spiro atoms. The highest BCUT2D eigenvalue weighted by atomic mass is 16.5. The first kappa shape index (κ1) is 13.8. The number of hydrogen-bond acceptors (Lipinski definition) is 3. The first-order chi connectivity index (χ1) is 10.8. The molecule has 3 aromatic rings. The molecule has 0 fully saturated rings. The van der Waals surface area contributed by atoms with Gasteiger partial charge in [0.25, 0.3) is 0 Å². The van der Waals surface area contributed by atoms with Crippen molar-refractivity contribution in [2.75, 3.05) is 0 Å². The van der Waals surface area contributed by atoms with Crippen LogP contribution in [0.5, 0.6) is 11.6 Å². The number of ether oxygens (including phenoxy) is 1. The largest absolute Gasteiger partial charge is 0.477 e. The van der Waals surface area contributed by atoms with Crippen molar-refractivity contribution in [1.82, 2.24) is 4.98 Å². The summed E-state index contributed by atoms with van der Waals surface area (Å²) in [4.78, 5) is 15.3. The number of para-hydroxylation sites is 1. The number of benzene rings is 2. The topological polar surface area (TPSA) is 59.4 Å². The summed E-state index contributed by atoms with van der Waals surface area (Å²) in [6.07, 6.45) is 1.51. The molecule has 4 heteroatoms. The van der Waals surface area contributed by atoms with Crippen LogP contribution in [-0.4, -0.2) is 16.1 Å². The summed E-state index contributed by atoms with van der Waals surface area (Å²) in [6, 6.07) is 20.3. The van der Waals surface area contributed by atoms with E-state index < -0.39 is 5.97 Å². The minimum absolute atomic E-state index is 0.0327. The van der Waals surface area contributed by atoms with Crippen molar-refractivity contribution in [2.45, 2.75) is 0 Å². The molecular formula is C18H13NO3. The average molecular weight is 291 g/mol. The Labute approximate surface area is 127 Å². The van der Waals surface area contributed by atoms with Crippen molar-refractivity contribution in [3.8, 4) is 22.8 Å². The van der Waals surface area contributed by atoms with Crippen LogP contribution in [0.15, 0.2) is 72.9 Å². The van der Waals surface area contributed by atoms with Crippen molar-refractivity contribution >= 4 is 5.97 Å². The molecule has 3 rings (SSSR count). The fourth-order valence-corrected chi connectivity index (χ4v) is 2.15. The van der Waals surface area contributed by atoms with Gasteiger partial charge in [0, 0.05) is 11.8 Å². The predicted octanol–water partition coefficient (Wildman–Crippen LogP) is 4.24. The smallest absolute Gasteiger partial charge is 0.341 e. The van der Waals surface area contributed by atoms with Gasteiger partial charge in [0.2, 0.25) is 5.88 Å². The second-order valence-corrected chi connectivity index (χ2v) is 4.63. The van der Waals surface area contributed by atoms with Gasteiger partial charge in [-0.2, -0.15) is 0 Å². The third-order valence-electron chi connectivity index (χ3n) is 3.18. The Morgan fingerprint density at radius 1 is 0.909 bits per heavy atom. The Morgan fingerprint density at radius 3 is 2.41 bits per heavy atom. The van der Waals surface area contributed by atoms with Crippen molar-refractivity contribution in [3.05, 3.63) is 78.5 Å². The Bertz CT molecular complexity index is 800. The van der Waals surface area contributed by atoms with Gasteiger partial charge < -0.3 is 9.84 Å². The average Bonchev–Trinajstić information content (AvgIpc) is 2.56. The minimum Gasteiger partial charge on any atom is -0.477 e. The van der Waals surface area contributed by atoms with E-state index in [1.54, 1.807) is 12.1 Å². The van der Waals surface area contributed by atoms with Gasteiger partial charge in [-0.05, 0) is 23.8 Å². The van der Waals surface area contributed by atoms with Crippen LogP contribution in [0.1, 0.15) is 10.4 Å². The number of carboxylic acids is 1. The monoisotopic (exact) mass is 291 g/mol. The molecule has 0 aliphatic heterocycles. The van der Waals surface area contributed by atoms with E-state index in [9.17, 15) is 9.90 Å². The van der Waals surface area contributed by atoms with Gasteiger partial charge in [-0.25, -0.2) is 9.78 Å². The van der Waals surface area contributed by atoms with E-state index in [1.807, 2.05) is 48.5 Å². The van der Waals surface area contributed by atoms with E-state index in [1.165, 1.54) is 12.3 Å². The molecule has 1 N–H and O–H groups in total. The first-order valence-corrected chi connectivity index (χ1v) is 6.76. The summed E-state index contributed by atoms with van der Waals surface area (Å²) in [6.45, 7) is 0. The number of carboxylic acid groups (broad SMARTS) is 1. The second-order valence-electron chi connectivity index (χ2n) is 4.63. The molecular weight excluding hydrogens is 278 g/mol. The lowest BCUT2D eigenvalue weighted by molar-refractivity contribution is 0.0693. The van der Waals surface area contributed by atoms with Crippen LogP contribution < -0.4 is 4.74 Å². The molecule has 0 saturated carbocycles. The van der Waals surface area contributed by atoms with E-state index in [0.29, 0.717) is 5.75 Å². The number of pyridine rings is 1. The van der Waals surface area contributed by atoms with Gasteiger partial charge in [-0.15, -0.1) is 0 Å². The fraction of sp³-hybridized carbons (Fsp3) is 0. The molecule has 0 aliphatic carbocycles. The zero-order chi connectivity index (χ0) is 15.4. The molecule has 0 amide bonds. The maximum Gasteiger partial charge on any atom is 0.341 e. The molecule has 108 valence electrons. The maximum absolute atomic E-state index is 11.2. The Hall–Kier alpha value is -3.14. The maximum atomic E-state index is 11.2. The molecule has 0 aliphatic rings. The molecule has 1 heterocycles. The van der Waals surface area contributed by atoms with Crippen LogP contribution in [0, 0.1) is 0 Å². The van der Waals surface area contributed by atoms with E-state index in [4.69, 9.17) is 4.74 Å². The summed E-state index contributed by atoms with van der Waals surface area (Å²) < 4.78 is 5.76. The number of nitrogens with zero attached hydrogens (tertiary/aromatic N) is 1. The standard InChI is InChI=1S/C18H13NO3/c20-18(21)15-10-6-12-19-17(15)22-16-11-5-4-9-14(16)13-7-2-1-3-8-13/h1-12H,(H,20,21). The summed E-state index contributed by atoms with van der Waals surface area (Å²) in [5, 5.41) is 9.21. The van der Waals surface area contributed by atoms with Crippen LogP contribution in [0.2, 0.25) is 0 Å². The Kier molecular flexibility index (Phi) is 3.83. The molecule has 0 atom stereocenters. The highest BCUT2D eigenvalue weighted by molar-refractivity contribution is 5.90. The number of hydrogen-bond donors (Lipinski definition) is 1. The van der Waals surface area contributed by atoms with Gasteiger partial charge in [-0.1, -0.05) is 48.5 Å². The second kappa shape index (κ2) is 6.10. The quantitative estimate of drug-likeness (QED) is 0.781. The van der Waals surface area contributed by atoms with Gasteiger partial charge in [0.15, 0.2) is 0 Å². The van der Waals surface area contributed by atoms with Crippen LogP contribution in [-0.2, 0) is 0 Å². The summed E-state index contributed by atoms with van der Waals surface area (Å²) in [7, 11) is 0. The number of aromatic nitrogens is 1. The first-order valence-electron chi connectivity index (χ1n) is 6.76. The molecule has 2 aromatic carbocycles. The van der Waals surface area contributed by atoms with Crippen molar-refractivity contribution in [3.63, 3.8) is 0 Å². The van der Waals surface area contributed by atoms with Crippen LogP contribution in [0.25, 0.3) is 11.1 Å². The normalized spacial score (nSPS) is 10.2.